The van der Waals surface area contributed by atoms with Crippen molar-refractivity contribution in [3.05, 3.63) is 0 Å². The van der Waals surface area contributed by atoms with Gasteiger partial charge in [-0.3, -0.25) is 9.69 Å². The minimum absolute atomic E-state index is 0.0814. The minimum Gasteiger partial charge on any atom is -0.382 e. The maximum absolute atomic E-state index is 11.9. The van der Waals surface area contributed by atoms with Gasteiger partial charge in [-0.15, -0.1) is 0 Å². The van der Waals surface area contributed by atoms with Gasteiger partial charge in [0.15, 0.2) is 0 Å². The number of methoxy groups -OCH3 is 1. The zero-order valence-electron chi connectivity index (χ0n) is 12.4. The Kier molecular flexibility index (Phi) is 6.72. The number of amides is 1. The Morgan fingerprint density at radius 2 is 2.05 bits per heavy atom. The van der Waals surface area contributed by atoms with Crippen LogP contribution in [0.25, 0.3) is 0 Å². The lowest BCUT2D eigenvalue weighted by molar-refractivity contribution is -0.138. The van der Waals surface area contributed by atoms with Crippen LogP contribution in [0.4, 0.5) is 0 Å². The molecule has 2 rings (SSSR count). The number of ether oxygens (including phenoxy) is 3. The molecule has 116 valence electrons. The Morgan fingerprint density at radius 1 is 1.25 bits per heavy atom. The predicted octanol–water partition coefficient (Wildman–Crippen LogP) is -0.0274. The van der Waals surface area contributed by atoms with Crippen molar-refractivity contribution in [1.82, 2.24) is 9.80 Å². The second-order valence-electron chi connectivity index (χ2n) is 5.36. The van der Waals surface area contributed by atoms with Gasteiger partial charge in [0.2, 0.25) is 5.91 Å². The molecule has 0 bridgehead atoms. The van der Waals surface area contributed by atoms with Crippen LogP contribution in [0.5, 0.6) is 0 Å². The number of carbonyl (C=O) groups is 1. The number of hydrogen-bond donors (Lipinski definition) is 0. The summed E-state index contributed by atoms with van der Waals surface area (Å²) in [5.74, 6) is 0.0814. The SMILES string of the molecule is COCCOCC(=O)N1CCN(CC2CCCO2)CC1. The third kappa shape index (κ3) is 5.01. The molecule has 0 saturated carbocycles. The third-order valence-corrected chi connectivity index (χ3v) is 3.87. The quantitative estimate of drug-likeness (QED) is 0.615. The second kappa shape index (κ2) is 8.56. The van der Waals surface area contributed by atoms with E-state index in [0.717, 1.165) is 39.3 Å². The summed E-state index contributed by atoms with van der Waals surface area (Å²) in [5, 5.41) is 0. The number of nitrogens with zero attached hydrogens (tertiary/aromatic N) is 2. The molecule has 0 aromatic heterocycles. The van der Waals surface area contributed by atoms with Gasteiger partial charge in [0.05, 0.1) is 19.3 Å². The average Bonchev–Trinajstić information content (AvgIpc) is 2.97. The summed E-state index contributed by atoms with van der Waals surface area (Å²) in [6, 6.07) is 0. The highest BCUT2D eigenvalue weighted by atomic mass is 16.5. The number of piperazine rings is 1. The number of carbonyl (C=O) groups excluding carboxylic acids is 1. The molecule has 0 aromatic rings. The Morgan fingerprint density at radius 3 is 2.70 bits per heavy atom. The second-order valence-corrected chi connectivity index (χ2v) is 5.36. The molecule has 0 aliphatic carbocycles. The molecule has 0 aromatic carbocycles. The molecular formula is C14H26N2O4. The fraction of sp³-hybridized carbons (Fsp3) is 0.929. The van der Waals surface area contributed by atoms with E-state index >= 15 is 0 Å². The van der Waals surface area contributed by atoms with Crippen LogP contribution < -0.4 is 0 Å². The van der Waals surface area contributed by atoms with E-state index in [9.17, 15) is 4.79 Å². The lowest BCUT2D eigenvalue weighted by Gasteiger charge is -2.35. The van der Waals surface area contributed by atoms with Crippen LogP contribution in [0.3, 0.4) is 0 Å². The molecule has 1 amide bonds. The molecule has 6 nitrogen and oxygen atoms in total. The van der Waals surface area contributed by atoms with E-state index in [1.807, 2.05) is 4.90 Å². The van der Waals surface area contributed by atoms with Gasteiger partial charge in [-0.2, -0.15) is 0 Å². The smallest absolute Gasteiger partial charge is 0.248 e. The van der Waals surface area contributed by atoms with Gasteiger partial charge < -0.3 is 19.1 Å². The Labute approximate surface area is 120 Å². The summed E-state index contributed by atoms with van der Waals surface area (Å²) in [7, 11) is 1.62. The van der Waals surface area contributed by atoms with Crippen LogP contribution in [-0.4, -0.2) is 88.1 Å². The van der Waals surface area contributed by atoms with E-state index < -0.39 is 0 Å². The van der Waals surface area contributed by atoms with Crippen molar-refractivity contribution in [2.45, 2.75) is 18.9 Å². The first-order chi connectivity index (χ1) is 9.79. The van der Waals surface area contributed by atoms with Gasteiger partial charge in [0.25, 0.3) is 0 Å². The van der Waals surface area contributed by atoms with Crippen molar-refractivity contribution in [3.63, 3.8) is 0 Å². The van der Waals surface area contributed by atoms with Crippen LogP contribution in [0.15, 0.2) is 0 Å². The van der Waals surface area contributed by atoms with Crippen molar-refractivity contribution < 1.29 is 19.0 Å². The predicted molar refractivity (Wildman–Crippen MR) is 74.7 cm³/mol. The normalized spacial score (nSPS) is 24.2. The summed E-state index contributed by atoms with van der Waals surface area (Å²) in [6.07, 6.45) is 2.75. The Hall–Kier alpha value is -0.690. The van der Waals surface area contributed by atoms with Crippen molar-refractivity contribution in [3.8, 4) is 0 Å². The lowest BCUT2D eigenvalue weighted by atomic mass is 10.2. The Bertz CT molecular complexity index is 287. The monoisotopic (exact) mass is 286 g/mol. The molecular weight excluding hydrogens is 260 g/mol. The number of rotatable bonds is 7. The third-order valence-electron chi connectivity index (χ3n) is 3.87. The van der Waals surface area contributed by atoms with Crippen LogP contribution >= 0.6 is 0 Å². The van der Waals surface area contributed by atoms with Gasteiger partial charge in [0.1, 0.15) is 6.61 Å². The van der Waals surface area contributed by atoms with Crippen LogP contribution in [0.1, 0.15) is 12.8 Å². The van der Waals surface area contributed by atoms with Crippen LogP contribution in [0.2, 0.25) is 0 Å². The topological polar surface area (TPSA) is 51.2 Å². The van der Waals surface area contributed by atoms with E-state index in [1.165, 1.54) is 12.8 Å². The summed E-state index contributed by atoms with van der Waals surface area (Å²) in [4.78, 5) is 16.2. The molecule has 1 unspecified atom stereocenters. The van der Waals surface area contributed by atoms with E-state index in [1.54, 1.807) is 7.11 Å². The van der Waals surface area contributed by atoms with Gasteiger partial charge in [0, 0.05) is 46.4 Å². The van der Waals surface area contributed by atoms with E-state index in [-0.39, 0.29) is 12.5 Å². The first-order valence-electron chi connectivity index (χ1n) is 7.48. The fourth-order valence-electron chi connectivity index (χ4n) is 2.65. The molecule has 0 radical (unpaired) electrons. The van der Waals surface area contributed by atoms with Crippen LogP contribution in [0, 0.1) is 0 Å². The van der Waals surface area contributed by atoms with Crippen molar-refractivity contribution in [2.75, 3.05) is 66.3 Å². The molecule has 2 aliphatic rings. The summed E-state index contributed by atoms with van der Waals surface area (Å²) < 4.78 is 15.8. The minimum atomic E-state index is 0.0814. The summed E-state index contributed by atoms with van der Waals surface area (Å²) in [6.45, 7) is 6.53. The average molecular weight is 286 g/mol. The molecule has 1 atom stereocenters. The lowest BCUT2D eigenvalue weighted by Crippen LogP contribution is -2.51. The first-order valence-corrected chi connectivity index (χ1v) is 7.48. The van der Waals surface area contributed by atoms with Gasteiger partial charge in [-0.1, -0.05) is 0 Å². The molecule has 20 heavy (non-hydrogen) atoms. The van der Waals surface area contributed by atoms with E-state index in [4.69, 9.17) is 14.2 Å². The van der Waals surface area contributed by atoms with E-state index in [2.05, 4.69) is 4.90 Å². The molecule has 0 N–H and O–H groups in total. The van der Waals surface area contributed by atoms with Gasteiger partial charge in [-0.25, -0.2) is 0 Å². The van der Waals surface area contributed by atoms with Gasteiger partial charge >= 0.3 is 0 Å². The number of hydrogen-bond acceptors (Lipinski definition) is 5. The van der Waals surface area contributed by atoms with E-state index in [0.29, 0.717) is 19.3 Å². The fourth-order valence-corrected chi connectivity index (χ4v) is 2.65. The molecule has 2 fully saturated rings. The van der Waals surface area contributed by atoms with Crippen LogP contribution in [-0.2, 0) is 19.0 Å². The largest absolute Gasteiger partial charge is 0.382 e. The molecule has 2 saturated heterocycles. The summed E-state index contributed by atoms with van der Waals surface area (Å²) >= 11 is 0. The standard InChI is InChI=1S/C14H26N2O4/c1-18-9-10-19-12-14(17)16-6-4-15(5-7-16)11-13-3-2-8-20-13/h13H,2-12H2,1H3. The van der Waals surface area contributed by atoms with Crippen molar-refractivity contribution in [1.29, 1.82) is 0 Å². The highest BCUT2D eigenvalue weighted by Gasteiger charge is 2.24. The highest BCUT2D eigenvalue weighted by molar-refractivity contribution is 5.77. The molecule has 2 heterocycles. The molecule has 0 spiro atoms. The molecule has 2 aliphatic heterocycles. The molecule has 6 heteroatoms. The van der Waals surface area contributed by atoms with Gasteiger partial charge in [-0.05, 0) is 12.8 Å². The Balaban J connectivity index is 1.59. The maximum Gasteiger partial charge on any atom is 0.248 e. The zero-order valence-corrected chi connectivity index (χ0v) is 12.4. The zero-order chi connectivity index (χ0) is 14.2. The van der Waals surface area contributed by atoms with Crippen molar-refractivity contribution in [2.24, 2.45) is 0 Å². The summed E-state index contributed by atoms with van der Waals surface area (Å²) in [5.41, 5.74) is 0. The first kappa shape index (κ1) is 15.7. The van der Waals surface area contributed by atoms with Crippen molar-refractivity contribution >= 4 is 5.91 Å². The maximum atomic E-state index is 11.9. The highest BCUT2D eigenvalue weighted by Crippen LogP contribution is 2.14.